The first-order chi connectivity index (χ1) is 10.1. The number of hydrogen-bond donors (Lipinski definition) is 0. The minimum Gasteiger partial charge on any atom is -0.381 e. The zero-order valence-corrected chi connectivity index (χ0v) is 13.4. The Hall–Kier alpha value is -0.870. The molecule has 0 spiro atoms. The highest BCUT2D eigenvalue weighted by Crippen LogP contribution is 2.35. The molecule has 0 radical (unpaired) electrons. The molecule has 0 saturated carbocycles. The van der Waals surface area contributed by atoms with E-state index >= 15 is 0 Å². The molecular weight excluding hydrogens is 331 g/mol. The molecule has 0 unspecified atom stereocenters. The predicted molar refractivity (Wildman–Crippen MR) is 85.3 cm³/mol. The molecule has 6 heteroatoms. The second-order valence-corrected chi connectivity index (χ2v) is 6.09. The Morgan fingerprint density at radius 2 is 1.67 bits per heavy atom. The van der Waals surface area contributed by atoms with Crippen molar-refractivity contribution in [3.05, 3.63) is 45.4 Å². The molecular formula is C15H13Cl3N2O. The van der Waals surface area contributed by atoms with Crippen molar-refractivity contribution >= 4 is 34.8 Å². The molecule has 0 N–H and O–H groups in total. The molecule has 110 valence electrons. The highest BCUT2D eigenvalue weighted by molar-refractivity contribution is 6.38. The van der Waals surface area contributed by atoms with Crippen LogP contribution in [0.4, 0.5) is 0 Å². The number of aromatic nitrogens is 2. The van der Waals surface area contributed by atoms with Gasteiger partial charge in [-0.05, 0) is 30.5 Å². The SMILES string of the molecule is Clc1cccc(-c2c(Cl)nc(C3CCOCC3)nc2Cl)c1. The van der Waals surface area contributed by atoms with Gasteiger partial charge in [0.05, 0.1) is 5.56 Å². The standard InChI is InChI=1S/C15H13Cl3N2O/c16-11-3-1-2-10(8-11)12-13(17)19-15(20-14(12)18)9-4-6-21-7-5-9/h1-3,8-9H,4-7H2. The van der Waals surface area contributed by atoms with Gasteiger partial charge in [-0.1, -0.05) is 46.9 Å². The Bertz CT molecular complexity index is 634. The van der Waals surface area contributed by atoms with E-state index in [0.29, 0.717) is 26.7 Å². The lowest BCUT2D eigenvalue weighted by Gasteiger charge is -2.21. The third-order valence-corrected chi connectivity index (χ3v) is 4.32. The van der Waals surface area contributed by atoms with Gasteiger partial charge < -0.3 is 4.74 Å². The van der Waals surface area contributed by atoms with Gasteiger partial charge in [-0.15, -0.1) is 0 Å². The topological polar surface area (TPSA) is 35.0 Å². The highest BCUT2D eigenvalue weighted by atomic mass is 35.5. The molecule has 1 aromatic carbocycles. The first kappa shape index (κ1) is 15.0. The van der Waals surface area contributed by atoms with E-state index in [1.807, 2.05) is 12.1 Å². The monoisotopic (exact) mass is 342 g/mol. The van der Waals surface area contributed by atoms with Gasteiger partial charge >= 0.3 is 0 Å². The van der Waals surface area contributed by atoms with Crippen molar-refractivity contribution in [2.24, 2.45) is 0 Å². The third kappa shape index (κ3) is 3.32. The number of rotatable bonds is 2. The summed E-state index contributed by atoms with van der Waals surface area (Å²) < 4.78 is 5.35. The van der Waals surface area contributed by atoms with Crippen LogP contribution in [0.1, 0.15) is 24.6 Å². The molecule has 0 aliphatic carbocycles. The van der Waals surface area contributed by atoms with Crippen molar-refractivity contribution in [1.29, 1.82) is 0 Å². The fourth-order valence-electron chi connectivity index (χ4n) is 2.44. The van der Waals surface area contributed by atoms with Crippen molar-refractivity contribution in [3.63, 3.8) is 0 Å². The van der Waals surface area contributed by atoms with Gasteiger partial charge in [0.25, 0.3) is 0 Å². The van der Waals surface area contributed by atoms with E-state index in [4.69, 9.17) is 39.5 Å². The summed E-state index contributed by atoms with van der Waals surface area (Å²) in [6.07, 6.45) is 1.78. The van der Waals surface area contributed by atoms with Crippen LogP contribution in [0.15, 0.2) is 24.3 Å². The molecule has 0 atom stereocenters. The quantitative estimate of drug-likeness (QED) is 0.720. The van der Waals surface area contributed by atoms with E-state index in [1.165, 1.54) is 0 Å². The second-order valence-electron chi connectivity index (χ2n) is 4.94. The molecule has 1 saturated heterocycles. The van der Waals surface area contributed by atoms with Gasteiger partial charge in [0.1, 0.15) is 16.1 Å². The van der Waals surface area contributed by atoms with Crippen LogP contribution in [0.5, 0.6) is 0 Å². The molecule has 2 heterocycles. The molecule has 3 nitrogen and oxygen atoms in total. The fourth-order valence-corrected chi connectivity index (χ4v) is 3.25. The summed E-state index contributed by atoms with van der Waals surface area (Å²) in [7, 11) is 0. The molecule has 21 heavy (non-hydrogen) atoms. The number of hydrogen-bond acceptors (Lipinski definition) is 3. The van der Waals surface area contributed by atoms with Crippen LogP contribution >= 0.6 is 34.8 Å². The minimum absolute atomic E-state index is 0.252. The Morgan fingerprint density at radius 1 is 1.00 bits per heavy atom. The van der Waals surface area contributed by atoms with Gasteiger partial charge in [-0.25, -0.2) is 9.97 Å². The van der Waals surface area contributed by atoms with E-state index in [1.54, 1.807) is 12.1 Å². The first-order valence-electron chi connectivity index (χ1n) is 6.72. The van der Waals surface area contributed by atoms with Gasteiger partial charge in [0.15, 0.2) is 0 Å². The Kier molecular flexibility index (Phi) is 4.65. The Morgan fingerprint density at radius 3 is 2.29 bits per heavy atom. The van der Waals surface area contributed by atoms with Crippen LogP contribution in [-0.4, -0.2) is 23.2 Å². The van der Waals surface area contributed by atoms with E-state index < -0.39 is 0 Å². The summed E-state index contributed by atoms with van der Waals surface area (Å²) in [5, 5.41) is 1.34. The summed E-state index contributed by atoms with van der Waals surface area (Å²) in [4.78, 5) is 8.87. The van der Waals surface area contributed by atoms with Crippen LogP contribution < -0.4 is 0 Å². The summed E-state index contributed by atoms with van der Waals surface area (Å²) in [6.45, 7) is 1.44. The fraction of sp³-hybridized carbons (Fsp3) is 0.333. The molecule has 0 bridgehead atoms. The lowest BCUT2D eigenvalue weighted by molar-refractivity contribution is 0.0836. The number of ether oxygens (including phenoxy) is 1. The van der Waals surface area contributed by atoms with E-state index in [0.717, 1.165) is 31.6 Å². The summed E-state index contributed by atoms with van der Waals surface area (Å²) in [6, 6.07) is 7.32. The van der Waals surface area contributed by atoms with Gasteiger partial charge in [0.2, 0.25) is 0 Å². The molecule has 3 rings (SSSR count). The smallest absolute Gasteiger partial charge is 0.142 e. The lowest BCUT2D eigenvalue weighted by Crippen LogP contribution is -2.16. The van der Waals surface area contributed by atoms with Gasteiger partial charge in [-0.3, -0.25) is 0 Å². The zero-order chi connectivity index (χ0) is 14.8. The normalized spacial score (nSPS) is 16.1. The van der Waals surface area contributed by atoms with Crippen molar-refractivity contribution in [3.8, 4) is 11.1 Å². The largest absolute Gasteiger partial charge is 0.381 e. The lowest BCUT2D eigenvalue weighted by atomic mass is 9.99. The number of nitrogens with zero attached hydrogens (tertiary/aromatic N) is 2. The molecule has 1 aliphatic rings. The highest BCUT2D eigenvalue weighted by Gasteiger charge is 2.22. The Labute approximate surface area is 138 Å². The maximum atomic E-state index is 6.33. The summed E-state index contributed by atoms with van der Waals surface area (Å²) in [5.74, 6) is 0.946. The molecule has 1 aliphatic heterocycles. The summed E-state index contributed by atoms with van der Waals surface area (Å²) >= 11 is 18.7. The van der Waals surface area contributed by atoms with Crippen molar-refractivity contribution in [2.45, 2.75) is 18.8 Å². The van der Waals surface area contributed by atoms with Crippen LogP contribution in [0.25, 0.3) is 11.1 Å². The maximum Gasteiger partial charge on any atom is 0.142 e. The van der Waals surface area contributed by atoms with Crippen LogP contribution in [0.2, 0.25) is 15.3 Å². The molecule has 2 aromatic rings. The molecule has 1 aromatic heterocycles. The van der Waals surface area contributed by atoms with Crippen molar-refractivity contribution in [2.75, 3.05) is 13.2 Å². The second kappa shape index (κ2) is 6.49. The van der Waals surface area contributed by atoms with E-state index in [2.05, 4.69) is 9.97 Å². The van der Waals surface area contributed by atoms with Gasteiger partial charge in [-0.2, -0.15) is 0 Å². The summed E-state index contributed by atoms with van der Waals surface area (Å²) in [5.41, 5.74) is 1.44. The number of halogens is 3. The predicted octanol–water partition coefficient (Wildman–Crippen LogP) is 5.00. The molecule has 0 amide bonds. The first-order valence-corrected chi connectivity index (χ1v) is 7.85. The molecule has 1 fully saturated rings. The maximum absolute atomic E-state index is 6.33. The Balaban J connectivity index is 2.00. The van der Waals surface area contributed by atoms with Crippen LogP contribution in [0, 0.1) is 0 Å². The average molecular weight is 344 g/mol. The zero-order valence-electron chi connectivity index (χ0n) is 11.2. The van der Waals surface area contributed by atoms with Crippen LogP contribution in [-0.2, 0) is 4.74 Å². The van der Waals surface area contributed by atoms with E-state index in [9.17, 15) is 0 Å². The third-order valence-electron chi connectivity index (χ3n) is 3.54. The van der Waals surface area contributed by atoms with E-state index in [-0.39, 0.29) is 5.92 Å². The van der Waals surface area contributed by atoms with Crippen molar-refractivity contribution in [1.82, 2.24) is 9.97 Å². The number of benzene rings is 1. The minimum atomic E-state index is 0.252. The van der Waals surface area contributed by atoms with Crippen molar-refractivity contribution < 1.29 is 4.74 Å². The van der Waals surface area contributed by atoms with Gasteiger partial charge in [0, 0.05) is 24.2 Å². The van der Waals surface area contributed by atoms with Crippen LogP contribution in [0.3, 0.4) is 0 Å². The average Bonchev–Trinajstić information content (AvgIpc) is 2.47.